The minimum absolute atomic E-state index is 0.313. The number of pyridine rings is 1. The zero-order chi connectivity index (χ0) is 25.6. The molecule has 0 amide bonds. The highest BCUT2D eigenvalue weighted by Gasteiger charge is 2.24. The maximum absolute atomic E-state index is 13.2. The molecule has 0 atom stereocenters. The van der Waals surface area contributed by atoms with Crippen LogP contribution in [-0.2, 0) is 10.0 Å². The molecule has 0 bridgehead atoms. The number of thiophene rings is 1. The van der Waals surface area contributed by atoms with Crippen LogP contribution in [0, 0.1) is 0 Å². The quantitative estimate of drug-likeness (QED) is 0.246. The molecule has 8 heteroatoms. The van der Waals surface area contributed by atoms with Gasteiger partial charge in [-0.1, -0.05) is 48.5 Å². The molecule has 0 aliphatic rings. The van der Waals surface area contributed by atoms with E-state index < -0.39 is 10.0 Å². The Labute approximate surface area is 219 Å². The fourth-order valence-electron chi connectivity index (χ4n) is 4.66. The molecule has 0 aliphatic carbocycles. The molecule has 6 aromatic rings. The Bertz CT molecular complexity index is 1830. The van der Waals surface area contributed by atoms with Gasteiger partial charge >= 0.3 is 0 Å². The van der Waals surface area contributed by atoms with Crippen molar-refractivity contribution in [2.75, 3.05) is 23.7 Å². The smallest absolute Gasteiger partial charge is 0.273 e. The maximum atomic E-state index is 13.2. The van der Waals surface area contributed by atoms with Gasteiger partial charge in [0.1, 0.15) is 9.86 Å². The number of fused-ring (bicyclic) bond motifs is 3. The molecule has 0 saturated heterocycles. The van der Waals surface area contributed by atoms with E-state index in [1.54, 1.807) is 24.6 Å². The van der Waals surface area contributed by atoms with E-state index in [9.17, 15) is 8.42 Å². The van der Waals surface area contributed by atoms with Gasteiger partial charge in [0, 0.05) is 53.4 Å². The van der Waals surface area contributed by atoms with E-state index in [2.05, 4.69) is 34.6 Å². The van der Waals surface area contributed by atoms with Crippen LogP contribution >= 0.6 is 11.3 Å². The van der Waals surface area contributed by atoms with Gasteiger partial charge < -0.3 is 10.3 Å². The van der Waals surface area contributed by atoms with Crippen LogP contribution in [0.5, 0.6) is 0 Å². The monoisotopic (exact) mass is 524 g/mol. The van der Waals surface area contributed by atoms with Crippen molar-refractivity contribution in [3.8, 4) is 22.3 Å². The highest BCUT2D eigenvalue weighted by Crippen LogP contribution is 2.41. The summed E-state index contributed by atoms with van der Waals surface area (Å²) < 4.78 is 28.1. The fourth-order valence-corrected chi connectivity index (χ4v) is 7.01. The second-order valence-electron chi connectivity index (χ2n) is 8.72. The van der Waals surface area contributed by atoms with E-state index >= 15 is 0 Å². The van der Waals surface area contributed by atoms with E-state index in [1.807, 2.05) is 61.8 Å². The third-order valence-corrected chi connectivity index (χ3v) is 9.78. The van der Waals surface area contributed by atoms with Gasteiger partial charge in [0.05, 0.1) is 5.69 Å². The van der Waals surface area contributed by atoms with Gasteiger partial charge in [-0.2, -0.15) is 0 Å². The van der Waals surface area contributed by atoms with Gasteiger partial charge in [0.25, 0.3) is 10.0 Å². The van der Waals surface area contributed by atoms with Crippen molar-refractivity contribution >= 4 is 54.7 Å². The third-order valence-electron chi connectivity index (χ3n) is 6.62. The van der Waals surface area contributed by atoms with Gasteiger partial charge in [0.15, 0.2) is 0 Å². The van der Waals surface area contributed by atoms with Crippen LogP contribution in [-0.4, -0.2) is 32.5 Å². The van der Waals surface area contributed by atoms with Crippen LogP contribution in [0.3, 0.4) is 0 Å². The lowest BCUT2D eigenvalue weighted by Crippen LogP contribution is -2.25. The molecule has 3 aromatic heterocycles. The first kappa shape index (κ1) is 23.3. The average molecular weight is 525 g/mol. The first-order valence-corrected chi connectivity index (χ1v) is 14.1. The predicted octanol–water partition coefficient (Wildman–Crippen LogP) is 6.98. The summed E-state index contributed by atoms with van der Waals surface area (Å²) in [5.74, 6) is 0. The Kier molecular flexibility index (Phi) is 5.70. The summed E-state index contributed by atoms with van der Waals surface area (Å²) in [5.41, 5.74) is 7.44. The minimum atomic E-state index is -3.65. The second-order valence-corrected chi connectivity index (χ2v) is 11.9. The Morgan fingerprint density at radius 2 is 1.70 bits per heavy atom. The van der Waals surface area contributed by atoms with E-state index in [1.165, 1.54) is 15.6 Å². The van der Waals surface area contributed by atoms with Gasteiger partial charge in [-0.05, 0) is 52.9 Å². The molecule has 6 nitrogen and oxygen atoms in total. The summed E-state index contributed by atoms with van der Waals surface area (Å²) in [5, 5.41) is 6.81. The van der Waals surface area contributed by atoms with E-state index in [-0.39, 0.29) is 0 Å². The molecule has 2 N–H and O–H groups in total. The van der Waals surface area contributed by atoms with Crippen LogP contribution in [0.4, 0.5) is 11.4 Å². The molecule has 6 rings (SSSR count). The number of H-pyrrole nitrogens is 1. The Balaban J connectivity index is 1.61. The molecular weight excluding hydrogens is 500 g/mol. The Hall–Kier alpha value is -4.14. The van der Waals surface area contributed by atoms with E-state index in [0.29, 0.717) is 9.90 Å². The van der Waals surface area contributed by atoms with Crippen molar-refractivity contribution in [2.24, 2.45) is 0 Å². The third kappa shape index (κ3) is 3.94. The number of hydrogen-bond donors (Lipinski definition) is 2. The van der Waals surface area contributed by atoms with Crippen molar-refractivity contribution in [2.45, 2.75) is 4.21 Å². The number of rotatable bonds is 6. The first-order valence-electron chi connectivity index (χ1n) is 11.8. The number of nitrogens with one attached hydrogen (secondary N) is 2. The minimum Gasteiger partial charge on any atom is -0.388 e. The van der Waals surface area contributed by atoms with Gasteiger partial charge in [-0.25, -0.2) is 13.4 Å². The SMILES string of the molecule is CNc1ccc(-c2cnc3[nH]c4ccc(N(C)S(=O)(=O)c5cccs5)cc4c3c2-c2ccccc2)cc1. The summed E-state index contributed by atoms with van der Waals surface area (Å²) >= 11 is 1.21. The molecule has 0 radical (unpaired) electrons. The zero-order valence-corrected chi connectivity index (χ0v) is 21.9. The maximum Gasteiger partial charge on any atom is 0.273 e. The van der Waals surface area contributed by atoms with Gasteiger partial charge in [-0.15, -0.1) is 11.3 Å². The number of benzene rings is 3. The standard InChI is InChI=1S/C29H24N4O2S2/c1-30-21-12-10-19(11-13-21)24-18-31-29-28(27(24)20-7-4-3-5-8-20)23-17-22(14-15-25(23)32-29)33(2)37(34,35)26-9-6-16-36-26/h3-18,30H,1-2H3,(H,31,32). The van der Waals surface area contributed by atoms with Crippen molar-refractivity contribution in [3.63, 3.8) is 0 Å². The molecule has 37 heavy (non-hydrogen) atoms. The summed E-state index contributed by atoms with van der Waals surface area (Å²) in [6.07, 6.45) is 1.91. The Morgan fingerprint density at radius 3 is 2.41 bits per heavy atom. The largest absolute Gasteiger partial charge is 0.388 e. The van der Waals surface area contributed by atoms with Gasteiger partial charge in [0.2, 0.25) is 0 Å². The average Bonchev–Trinajstić information content (AvgIpc) is 3.61. The number of nitrogens with zero attached hydrogens (tertiary/aromatic N) is 2. The molecule has 0 spiro atoms. The topological polar surface area (TPSA) is 78.1 Å². The molecule has 184 valence electrons. The molecular formula is C29H24N4O2S2. The van der Waals surface area contributed by atoms with E-state index in [4.69, 9.17) is 4.98 Å². The molecule has 0 unspecified atom stereocenters. The normalized spacial score (nSPS) is 11.7. The van der Waals surface area contributed by atoms with Crippen molar-refractivity contribution in [3.05, 3.63) is 96.5 Å². The first-order chi connectivity index (χ1) is 18.0. The summed E-state index contributed by atoms with van der Waals surface area (Å²) in [7, 11) is -0.160. The van der Waals surface area contributed by atoms with Crippen LogP contribution < -0.4 is 9.62 Å². The zero-order valence-electron chi connectivity index (χ0n) is 20.3. The van der Waals surface area contributed by atoms with Crippen LogP contribution in [0.2, 0.25) is 0 Å². The lowest BCUT2D eigenvalue weighted by atomic mass is 9.92. The number of anilines is 2. The molecule has 3 aromatic carbocycles. The van der Waals surface area contributed by atoms with Crippen LogP contribution in [0.15, 0.2) is 101 Å². The fraction of sp³-hybridized carbons (Fsp3) is 0.0690. The van der Waals surface area contributed by atoms with Crippen molar-refractivity contribution in [1.82, 2.24) is 9.97 Å². The van der Waals surface area contributed by atoms with Gasteiger partial charge in [-0.3, -0.25) is 4.31 Å². The van der Waals surface area contributed by atoms with Crippen LogP contribution in [0.25, 0.3) is 44.2 Å². The lowest BCUT2D eigenvalue weighted by Gasteiger charge is -2.18. The summed E-state index contributed by atoms with van der Waals surface area (Å²) in [6, 6.07) is 27.6. The number of hydrogen-bond acceptors (Lipinski definition) is 5. The highest BCUT2D eigenvalue weighted by atomic mass is 32.2. The number of aromatic nitrogens is 2. The second kappa shape index (κ2) is 9.06. The lowest BCUT2D eigenvalue weighted by molar-refractivity contribution is 0.596. The van der Waals surface area contributed by atoms with E-state index in [0.717, 1.165) is 49.9 Å². The molecule has 3 heterocycles. The number of sulfonamides is 1. The Morgan fingerprint density at radius 1 is 0.919 bits per heavy atom. The van der Waals surface area contributed by atoms with Crippen LogP contribution in [0.1, 0.15) is 0 Å². The van der Waals surface area contributed by atoms with Crippen molar-refractivity contribution in [1.29, 1.82) is 0 Å². The predicted molar refractivity (Wildman–Crippen MR) is 154 cm³/mol. The summed E-state index contributed by atoms with van der Waals surface area (Å²) in [6.45, 7) is 0. The molecule has 0 saturated carbocycles. The molecule has 0 aliphatic heterocycles. The van der Waals surface area contributed by atoms with Crippen molar-refractivity contribution < 1.29 is 8.42 Å². The number of aromatic amines is 1. The molecule has 0 fully saturated rings. The summed E-state index contributed by atoms with van der Waals surface area (Å²) in [4.78, 5) is 8.22. The highest BCUT2D eigenvalue weighted by molar-refractivity contribution is 7.94.